The van der Waals surface area contributed by atoms with Gasteiger partial charge in [-0.1, -0.05) is 28.1 Å². The van der Waals surface area contributed by atoms with Gasteiger partial charge in [0.2, 0.25) is 5.88 Å². The van der Waals surface area contributed by atoms with Gasteiger partial charge in [0.1, 0.15) is 11.4 Å². The molecule has 4 rings (SSSR count). The van der Waals surface area contributed by atoms with Crippen LogP contribution >= 0.6 is 15.9 Å². The van der Waals surface area contributed by atoms with Crippen molar-refractivity contribution in [2.75, 3.05) is 6.61 Å². The summed E-state index contributed by atoms with van der Waals surface area (Å²) in [5.41, 5.74) is 2.38. The first-order chi connectivity index (χ1) is 14.1. The van der Waals surface area contributed by atoms with Gasteiger partial charge in [-0.3, -0.25) is 9.89 Å². The van der Waals surface area contributed by atoms with Crippen LogP contribution in [0.25, 0.3) is 22.2 Å². The highest BCUT2D eigenvalue weighted by Crippen LogP contribution is 2.37. The average Bonchev–Trinajstić information content (AvgIpc) is 3.31. The zero-order chi connectivity index (χ0) is 20.4. The number of nitrogens with zero attached hydrogens (tertiary/aromatic N) is 3. The maximum Gasteiger partial charge on any atom is 0.313 e. The SMILES string of the molecule is CCOc1ccccc1-c1cc(C(=O)N=Nc2c(O)[nH]c3ccc(Br)cc23)[nH]n1. The summed E-state index contributed by atoms with van der Waals surface area (Å²) in [5, 5.41) is 25.3. The quantitative estimate of drug-likeness (QED) is 0.353. The number of amides is 1. The van der Waals surface area contributed by atoms with Crippen LogP contribution in [0.5, 0.6) is 11.6 Å². The summed E-state index contributed by atoms with van der Waals surface area (Å²) in [6.45, 7) is 2.42. The first-order valence-corrected chi connectivity index (χ1v) is 9.60. The monoisotopic (exact) mass is 453 g/mol. The lowest BCUT2D eigenvalue weighted by molar-refractivity contribution is 0.0990. The number of carbonyl (C=O) groups excluding carboxylic acids is 1. The summed E-state index contributed by atoms with van der Waals surface area (Å²) in [6, 6.07) is 14.4. The molecule has 2 heterocycles. The normalized spacial score (nSPS) is 11.4. The Kier molecular flexibility index (Phi) is 5.13. The number of hydrogen-bond acceptors (Lipinski definition) is 5. The Balaban J connectivity index is 1.61. The van der Waals surface area contributed by atoms with Crippen molar-refractivity contribution < 1.29 is 14.6 Å². The molecule has 29 heavy (non-hydrogen) atoms. The molecule has 0 radical (unpaired) electrons. The molecule has 0 aliphatic heterocycles. The van der Waals surface area contributed by atoms with Crippen LogP contribution in [0, 0.1) is 0 Å². The number of aromatic nitrogens is 3. The third-order valence-electron chi connectivity index (χ3n) is 4.23. The predicted octanol–water partition coefficient (Wildman–Crippen LogP) is 5.35. The van der Waals surface area contributed by atoms with E-state index < -0.39 is 5.91 Å². The molecule has 0 spiro atoms. The molecule has 4 aromatic rings. The van der Waals surface area contributed by atoms with Gasteiger partial charge in [-0.05, 0) is 43.3 Å². The second-order valence-electron chi connectivity index (χ2n) is 6.11. The molecule has 9 heteroatoms. The summed E-state index contributed by atoms with van der Waals surface area (Å²) in [5.74, 6) is -0.0941. The topological polar surface area (TPSA) is 116 Å². The van der Waals surface area contributed by atoms with Crippen LogP contribution in [-0.4, -0.2) is 32.8 Å². The first kappa shape index (κ1) is 18.9. The van der Waals surface area contributed by atoms with Gasteiger partial charge in [0.05, 0.1) is 17.8 Å². The Hall–Kier alpha value is -3.46. The minimum absolute atomic E-state index is 0.161. The van der Waals surface area contributed by atoms with E-state index in [1.165, 1.54) is 0 Å². The molecule has 2 aromatic carbocycles. The van der Waals surface area contributed by atoms with Crippen molar-refractivity contribution >= 4 is 38.4 Å². The van der Waals surface area contributed by atoms with E-state index in [1.807, 2.05) is 37.3 Å². The van der Waals surface area contributed by atoms with Crippen LogP contribution < -0.4 is 4.74 Å². The lowest BCUT2D eigenvalue weighted by Crippen LogP contribution is -1.94. The molecule has 0 bridgehead atoms. The van der Waals surface area contributed by atoms with Crippen molar-refractivity contribution in [3.8, 4) is 22.9 Å². The predicted molar refractivity (Wildman–Crippen MR) is 112 cm³/mol. The fraction of sp³-hybridized carbons (Fsp3) is 0.100. The number of H-pyrrole nitrogens is 2. The molecule has 0 aliphatic carbocycles. The highest BCUT2D eigenvalue weighted by atomic mass is 79.9. The van der Waals surface area contributed by atoms with Crippen molar-refractivity contribution in [1.29, 1.82) is 0 Å². The Morgan fingerprint density at radius 2 is 2.07 bits per heavy atom. The number of rotatable bonds is 5. The number of ether oxygens (including phenoxy) is 1. The van der Waals surface area contributed by atoms with Gasteiger partial charge in [-0.15, -0.1) is 10.2 Å². The minimum Gasteiger partial charge on any atom is -0.493 e. The van der Waals surface area contributed by atoms with E-state index in [-0.39, 0.29) is 17.3 Å². The maximum atomic E-state index is 12.4. The number of aromatic hydroxyl groups is 1. The van der Waals surface area contributed by atoms with Crippen LogP contribution in [0.2, 0.25) is 0 Å². The summed E-state index contributed by atoms with van der Waals surface area (Å²) in [4.78, 5) is 15.2. The number of carbonyl (C=O) groups is 1. The molecule has 0 saturated heterocycles. The van der Waals surface area contributed by atoms with Crippen molar-refractivity contribution in [2.24, 2.45) is 10.2 Å². The molecular weight excluding hydrogens is 438 g/mol. The van der Waals surface area contributed by atoms with Crippen LogP contribution in [-0.2, 0) is 0 Å². The maximum absolute atomic E-state index is 12.4. The van der Waals surface area contributed by atoms with E-state index in [0.717, 1.165) is 10.0 Å². The van der Waals surface area contributed by atoms with Crippen molar-refractivity contribution in [3.63, 3.8) is 0 Å². The van der Waals surface area contributed by atoms with E-state index in [2.05, 4.69) is 41.3 Å². The number of fused-ring (bicyclic) bond motifs is 1. The molecule has 0 fully saturated rings. The number of aromatic amines is 2. The summed E-state index contributed by atoms with van der Waals surface area (Å²) in [6.07, 6.45) is 0. The summed E-state index contributed by atoms with van der Waals surface area (Å²) in [7, 11) is 0. The molecule has 146 valence electrons. The second-order valence-corrected chi connectivity index (χ2v) is 7.03. The van der Waals surface area contributed by atoms with Gasteiger partial charge in [-0.25, -0.2) is 0 Å². The van der Waals surface area contributed by atoms with Crippen molar-refractivity contribution in [2.45, 2.75) is 6.92 Å². The van der Waals surface area contributed by atoms with Gasteiger partial charge in [-0.2, -0.15) is 5.10 Å². The second kappa shape index (κ2) is 7.88. The molecule has 1 amide bonds. The van der Waals surface area contributed by atoms with Crippen molar-refractivity contribution in [1.82, 2.24) is 15.2 Å². The highest BCUT2D eigenvalue weighted by molar-refractivity contribution is 9.10. The number of nitrogens with one attached hydrogen (secondary N) is 2. The van der Waals surface area contributed by atoms with Gasteiger partial charge < -0.3 is 14.8 Å². The fourth-order valence-electron chi connectivity index (χ4n) is 2.92. The number of hydrogen-bond donors (Lipinski definition) is 3. The Labute approximate surface area is 173 Å². The molecule has 3 N–H and O–H groups in total. The van der Waals surface area contributed by atoms with Crippen LogP contribution in [0.1, 0.15) is 17.4 Å². The number of azo groups is 1. The third kappa shape index (κ3) is 3.77. The first-order valence-electron chi connectivity index (χ1n) is 8.80. The number of para-hydroxylation sites is 1. The summed E-state index contributed by atoms with van der Waals surface area (Å²) >= 11 is 3.38. The molecule has 0 atom stereocenters. The molecule has 0 saturated carbocycles. The number of benzene rings is 2. The summed E-state index contributed by atoms with van der Waals surface area (Å²) < 4.78 is 6.42. The van der Waals surface area contributed by atoms with Gasteiger partial charge in [0.25, 0.3) is 0 Å². The minimum atomic E-state index is -0.610. The average molecular weight is 454 g/mol. The van der Waals surface area contributed by atoms with Gasteiger partial charge in [0, 0.05) is 15.4 Å². The molecule has 0 unspecified atom stereocenters. The standard InChI is InChI=1S/C20H16BrN5O3/c1-2-29-17-6-4-3-5-12(17)15-10-16(24-23-15)19(27)26-25-18-13-9-11(21)7-8-14(13)22-20(18)28/h3-10,22,28H,2H2,1H3,(H,23,24). The molecular formula is C20H16BrN5O3. The number of halogens is 1. The van der Waals surface area contributed by atoms with E-state index in [9.17, 15) is 9.90 Å². The lowest BCUT2D eigenvalue weighted by Gasteiger charge is -2.07. The zero-order valence-corrected chi connectivity index (χ0v) is 16.9. The van der Waals surface area contributed by atoms with E-state index >= 15 is 0 Å². The van der Waals surface area contributed by atoms with Crippen molar-refractivity contribution in [3.05, 3.63) is 58.7 Å². The third-order valence-corrected chi connectivity index (χ3v) is 4.72. The molecule has 0 aliphatic rings. The van der Waals surface area contributed by atoms with Gasteiger partial charge in [0.15, 0.2) is 5.69 Å². The largest absolute Gasteiger partial charge is 0.493 e. The smallest absolute Gasteiger partial charge is 0.313 e. The van der Waals surface area contributed by atoms with E-state index in [0.29, 0.717) is 29.0 Å². The van der Waals surface area contributed by atoms with E-state index in [1.54, 1.807) is 18.2 Å². The molecule has 2 aromatic heterocycles. The van der Waals surface area contributed by atoms with Crippen LogP contribution in [0.15, 0.2) is 63.2 Å². The Morgan fingerprint density at radius 1 is 1.24 bits per heavy atom. The fourth-order valence-corrected chi connectivity index (χ4v) is 3.28. The Morgan fingerprint density at radius 3 is 2.90 bits per heavy atom. The zero-order valence-electron chi connectivity index (χ0n) is 15.3. The molecule has 8 nitrogen and oxygen atoms in total. The van der Waals surface area contributed by atoms with E-state index in [4.69, 9.17) is 4.74 Å². The van der Waals surface area contributed by atoms with Crippen LogP contribution in [0.3, 0.4) is 0 Å². The van der Waals surface area contributed by atoms with Gasteiger partial charge >= 0.3 is 5.91 Å². The highest BCUT2D eigenvalue weighted by Gasteiger charge is 2.15. The van der Waals surface area contributed by atoms with Crippen LogP contribution in [0.4, 0.5) is 5.69 Å². The lowest BCUT2D eigenvalue weighted by atomic mass is 10.1. The Bertz CT molecular complexity index is 1230.